The molecular formula is C28H36N4O5. The lowest BCUT2D eigenvalue weighted by Crippen LogP contribution is -2.51. The summed E-state index contributed by atoms with van der Waals surface area (Å²) in [6, 6.07) is 16.4. The van der Waals surface area contributed by atoms with Gasteiger partial charge in [-0.25, -0.2) is 11.0 Å². The number of hydrogen-bond acceptors (Lipinski definition) is 5. The first kappa shape index (κ1) is 27.9. The van der Waals surface area contributed by atoms with Gasteiger partial charge in [0.05, 0.1) is 5.92 Å². The maximum absolute atomic E-state index is 13.6. The highest BCUT2D eigenvalue weighted by molar-refractivity contribution is 5.92. The summed E-state index contributed by atoms with van der Waals surface area (Å²) in [4.78, 5) is 41.9. The molecular weight excluding hydrogens is 472 g/mol. The molecule has 1 aromatic heterocycles. The number of hydrogen-bond donors (Lipinski definition) is 6. The van der Waals surface area contributed by atoms with E-state index in [4.69, 9.17) is 0 Å². The molecule has 3 rings (SSSR count). The molecule has 0 saturated heterocycles. The van der Waals surface area contributed by atoms with E-state index in [-0.39, 0.29) is 12.3 Å². The summed E-state index contributed by atoms with van der Waals surface area (Å²) in [7, 11) is 0. The molecule has 3 aromatic rings. The first-order valence-electron chi connectivity index (χ1n) is 12.6. The van der Waals surface area contributed by atoms with Crippen LogP contribution < -0.4 is 16.3 Å². The fourth-order valence-corrected chi connectivity index (χ4v) is 4.82. The Morgan fingerprint density at radius 1 is 0.865 bits per heavy atom. The maximum atomic E-state index is 13.6. The fraction of sp³-hybridized carbons (Fsp3) is 0.393. The number of rotatable bonds is 13. The van der Waals surface area contributed by atoms with E-state index < -0.39 is 35.6 Å². The Morgan fingerprint density at radius 3 is 2.22 bits per heavy atom. The van der Waals surface area contributed by atoms with E-state index in [1.807, 2.05) is 68.4 Å². The molecule has 37 heavy (non-hydrogen) atoms. The van der Waals surface area contributed by atoms with Gasteiger partial charge in [-0.3, -0.25) is 24.8 Å². The number of carbonyl (C=O) groups is 3. The number of para-hydroxylation sites is 1. The standard InChI is InChI=1S/C28H36N4O5/c1-18(2)15-23(22(27(34)31-36)13-8-11-19-9-4-3-5-10-19)26(33)30-25(28(35)32-37)16-20-17-29-24-14-7-6-12-21(20)24/h3-7,9-10,12,14,17-18,22-23,25,29,36-37H,8,11,13,15-16H2,1-2H3,(H,30,33)(H,31,34)(H,32,35)/t22-,23+,25-/m1/s1. The number of H-pyrrole nitrogens is 1. The van der Waals surface area contributed by atoms with E-state index in [0.29, 0.717) is 19.3 Å². The second-order valence-corrected chi connectivity index (χ2v) is 9.80. The first-order valence-corrected chi connectivity index (χ1v) is 12.6. The lowest BCUT2D eigenvalue weighted by atomic mass is 9.80. The zero-order valence-corrected chi connectivity index (χ0v) is 21.2. The van der Waals surface area contributed by atoms with Gasteiger partial charge >= 0.3 is 0 Å². The Morgan fingerprint density at radius 2 is 1.54 bits per heavy atom. The highest BCUT2D eigenvalue weighted by atomic mass is 16.5. The highest BCUT2D eigenvalue weighted by Crippen LogP contribution is 2.27. The zero-order chi connectivity index (χ0) is 26.8. The van der Waals surface area contributed by atoms with Crippen LogP contribution in [0.1, 0.15) is 44.2 Å². The second kappa shape index (κ2) is 13.6. The second-order valence-electron chi connectivity index (χ2n) is 9.80. The molecule has 0 aliphatic heterocycles. The van der Waals surface area contributed by atoms with E-state index in [0.717, 1.165) is 28.5 Å². The summed E-state index contributed by atoms with van der Waals surface area (Å²) in [6.07, 6.45) is 4.04. The van der Waals surface area contributed by atoms with Crippen molar-refractivity contribution in [2.75, 3.05) is 0 Å². The molecule has 6 N–H and O–H groups in total. The summed E-state index contributed by atoms with van der Waals surface area (Å²) >= 11 is 0. The Balaban J connectivity index is 1.79. The third-order valence-electron chi connectivity index (χ3n) is 6.66. The summed E-state index contributed by atoms with van der Waals surface area (Å²) in [6.45, 7) is 3.89. The number of nitrogens with one attached hydrogen (secondary N) is 4. The number of aryl methyl sites for hydroxylation is 1. The van der Waals surface area contributed by atoms with Gasteiger partial charge in [0.1, 0.15) is 6.04 Å². The highest BCUT2D eigenvalue weighted by Gasteiger charge is 2.36. The summed E-state index contributed by atoms with van der Waals surface area (Å²) in [5.74, 6) is -3.35. The van der Waals surface area contributed by atoms with Crippen LogP contribution in [-0.4, -0.2) is 39.2 Å². The van der Waals surface area contributed by atoms with Crippen molar-refractivity contribution in [1.82, 2.24) is 21.3 Å². The monoisotopic (exact) mass is 508 g/mol. The van der Waals surface area contributed by atoms with Crippen molar-refractivity contribution in [2.45, 2.75) is 52.0 Å². The van der Waals surface area contributed by atoms with Gasteiger partial charge in [-0.2, -0.15) is 0 Å². The molecule has 9 heteroatoms. The topological polar surface area (TPSA) is 144 Å². The average molecular weight is 509 g/mol. The molecule has 0 spiro atoms. The molecule has 0 radical (unpaired) electrons. The quantitative estimate of drug-likeness (QED) is 0.155. The smallest absolute Gasteiger partial charge is 0.266 e. The number of aromatic nitrogens is 1. The molecule has 0 bridgehead atoms. The van der Waals surface area contributed by atoms with Crippen molar-refractivity contribution in [1.29, 1.82) is 0 Å². The van der Waals surface area contributed by atoms with Crippen molar-refractivity contribution in [2.24, 2.45) is 17.8 Å². The molecule has 2 aromatic carbocycles. The van der Waals surface area contributed by atoms with Gasteiger partial charge in [-0.1, -0.05) is 62.4 Å². The van der Waals surface area contributed by atoms with Crippen LogP contribution in [0.15, 0.2) is 60.8 Å². The van der Waals surface area contributed by atoms with Crippen LogP contribution in [0.4, 0.5) is 0 Å². The van der Waals surface area contributed by atoms with Gasteiger partial charge in [0.15, 0.2) is 0 Å². The molecule has 3 amide bonds. The molecule has 0 saturated carbocycles. The zero-order valence-electron chi connectivity index (χ0n) is 21.2. The molecule has 0 fully saturated rings. The van der Waals surface area contributed by atoms with Crippen LogP contribution in [-0.2, 0) is 27.2 Å². The maximum Gasteiger partial charge on any atom is 0.266 e. The fourth-order valence-electron chi connectivity index (χ4n) is 4.82. The Kier molecular flexibility index (Phi) is 10.2. The third kappa shape index (κ3) is 7.65. The van der Waals surface area contributed by atoms with Crippen LogP contribution in [0.5, 0.6) is 0 Å². The van der Waals surface area contributed by atoms with Crippen LogP contribution in [0.2, 0.25) is 0 Å². The van der Waals surface area contributed by atoms with E-state index >= 15 is 0 Å². The van der Waals surface area contributed by atoms with E-state index in [1.54, 1.807) is 17.2 Å². The van der Waals surface area contributed by atoms with Crippen LogP contribution in [0.25, 0.3) is 10.9 Å². The van der Waals surface area contributed by atoms with E-state index in [2.05, 4.69) is 10.3 Å². The summed E-state index contributed by atoms with van der Waals surface area (Å²) in [5, 5.41) is 22.4. The number of carbonyl (C=O) groups excluding carboxylic acids is 3. The SMILES string of the molecule is CC(C)C[C@H](C(=O)N[C@H](Cc1c[nH]c2ccccc12)C(=O)NO)[C@@H](CCCc1ccccc1)C(=O)NO. The van der Waals surface area contributed by atoms with Crippen molar-refractivity contribution < 1.29 is 24.8 Å². The number of benzene rings is 2. The molecule has 198 valence electrons. The minimum Gasteiger partial charge on any atom is -0.361 e. The van der Waals surface area contributed by atoms with Gasteiger partial charge in [0, 0.05) is 29.4 Å². The van der Waals surface area contributed by atoms with Gasteiger partial charge in [0.25, 0.3) is 5.91 Å². The number of aromatic amines is 1. The molecule has 0 aliphatic carbocycles. The normalized spacial score (nSPS) is 13.6. The average Bonchev–Trinajstić information content (AvgIpc) is 3.32. The predicted molar refractivity (Wildman–Crippen MR) is 140 cm³/mol. The van der Waals surface area contributed by atoms with Gasteiger partial charge in [0.2, 0.25) is 11.8 Å². The van der Waals surface area contributed by atoms with Crippen LogP contribution in [0.3, 0.4) is 0 Å². The van der Waals surface area contributed by atoms with Gasteiger partial charge in [-0.05, 0) is 48.8 Å². The minimum atomic E-state index is -1.06. The Hall–Kier alpha value is -3.69. The molecule has 3 atom stereocenters. The Labute approximate surface area is 216 Å². The molecule has 0 aliphatic rings. The van der Waals surface area contributed by atoms with E-state index in [9.17, 15) is 24.8 Å². The lowest BCUT2D eigenvalue weighted by Gasteiger charge is -2.28. The third-order valence-corrected chi connectivity index (χ3v) is 6.66. The van der Waals surface area contributed by atoms with Crippen LogP contribution in [0, 0.1) is 17.8 Å². The first-order chi connectivity index (χ1) is 17.8. The number of fused-ring (bicyclic) bond motifs is 1. The van der Waals surface area contributed by atoms with Gasteiger partial charge in [-0.15, -0.1) is 0 Å². The van der Waals surface area contributed by atoms with Gasteiger partial charge < -0.3 is 10.3 Å². The summed E-state index contributed by atoms with van der Waals surface area (Å²) < 4.78 is 0. The van der Waals surface area contributed by atoms with Crippen LogP contribution >= 0.6 is 0 Å². The van der Waals surface area contributed by atoms with Crippen molar-refractivity contribution >= 4 is 28.6 Å². The largest absolute Gasteiger partial charge is 0.361 e. The molecule has 1 heterocycles. The Bertz CT molecular complexity index is 1180. The van der Waals surface area contributed by atoms with E-state index in [1.165, 1.54) is 0 Å². The van der Waals surface area contributed by atoms with Crippen molar-refractivity contribution in [3.05, 3.63) is 71.9 Å². The van der Waals surface area contributed by atoms with Crippen molar-refractivity contribution in [3.63, 3.8) is 0 Å². The molecule has 0 unspecified atom stereocenters. The lowest BCUT2D eigenvalue weighted by molar-refractivity contribution is -0.142. The molecule has 9 nitrogen and oxygen atoms in total. The predicted octanol–water partition coefficient (Wildman–Crippen LogP) is 3.51. The minimum absolute atomic E-state index is 0.0811. The number of hydroxylamine groups is 2. The summed E-state index contributed by atoms with van der Waals surface area (Å²) in [5.41, 5.74) is 6.18. The van der Waals surface area contributed by atoms with Crippen molar-refractivity contribution in [3.8, 4) is 0 Å². The number of amides is 3.